The average Bonchev–Trinajstić information content (AvgIpc) is 2.55. The topological polar surface area (TPSA) is 79.3 Å². The molecule has 25 heavy (non-hydrogen) atoms. The number of halogens is 1. The molecule has 1 aromatic carbocycles. The molecule has 1 fully saturated rings. The second-order valence-electron chi connectivity index (χ2n) is 6.07. The number of likely N-dealkylation sites (N-methyl/N-ethyl adjacent to an activating group) is 1. The summed E-state index contributed by atoms with van der Waals surface area (Å²) in [5.74, 6) is -0.433. The molecule has 0 aromatic heterocycles. The molecular formula is C17H23ClN2O5. The van der Waals surface area contributed by atoms with E-state index in [1.54, 1.807) is 35.0 Å². The van der Waals surface area contributed by atoms with Crippen molar-refractivity contribution in [1.82, 2.24) is 9.80 Å². The number of carboxylic acid groups (broad SMARTS) is 1. The van der Waals surface area contributed by atoms with Crippen LogP contribution in [0.1, 0.15) is 5.56 Å². The van der Waals surface area contributed by atoms with Crippen LogP contribution in [0.25, 0.3) is 0 Å². The first-order chi connectivity index (χ1) is 11.9. The number of nitrogens with zero attached hydrogens (tertiary/aromatic N) is 2. The van der Waals surface area contributed by atoms with Crippen LogP contribution in [0.4, 0.5) is 0 Å². The number of morpholine rings is 1. The van der Waals surface area contributed by atoms with Gasteiger partial charge in [-0.05, 0) is 26.1 Å². The zero-order valence-corrected chi connectivity index (χ0v) is 15.2. The molecule has 1 heterocycles. The summed E-state index contributed by atoms with van der Waals surface area (Å²) in [5.41, 5.74) is 0.798. The molecule has 7 nitrogen and oxygen atoms in total. The number of hydrogen-bond acceptors (Lipinski definition) is 5. The molecule has 0 bridgehead atoms. The predicted molar refractivity (Wildman–Crippen MR) is 93.1 cm³/mol. The normalized spacial score (nSPS) is 17.6. The summed E-state index contributed by atoms with van der Waals surface area (Å²) < 4.78 is 11.2. The molecule has 138 valence electrons. The van der Waals surface area contributed by atoms with Crippen LogP contribution >= 0.6 is 11.6 Å². The van der Waals surface area contributed by atoms with Crippen LogP contribution in [-0.2, 0) is 14.3 Å². The van der Waals surface area contributed by atoms with Gasteiger partial charge in [0.05, 0.1) is 19.3 Å². The van der Waals surface area contributed by atoms with Crippen molar-refractivity contribution in [3.05, 3.63) is 28.8 Å². The molecule has 1 atom stereocenters. The molecule has 0 radical (unpaired) electrons. The lowest BCUT2D eigenvalue weighted by Crippen LogP contribution is -2.50. The minimum atomic E-state index is -0.892. The fourth-order valence-corrected chi connectivity index (χ4v) is 2.84. The SMILES string of the molecule is Cc1c(Cl)cccc1OCC(=O)N1CCO[C@H](CN(C)CC(=O)O)C1. The summed E-state index contributed by atoms with van der Waals surface area (Å²) in [6.45, 7) is 3.49. The number of carbonyl (C=O) groups is 2. The van der Waals surface area contributed by atoms with Crippen molar-refractivity contribution in [2.24, 2.45) is 0 Å². The fourth-order valence-electron chi connectivity index (χ4n) is 2.67. The van der Waals surface area contributed by atoms with E-state index in [0.29, 0.717) is 37.0 Å². The van der Waals surface area contributed by atoms with Crippen LogP contribution in [-0.4, -0.2) is 79.3 Å². The molecule has 1 saturated heterocycles. The van der Waals surface area contributed by atoms with Gasteiger partial charge in [-0.2, -0.15) is 0 Å². The summed E-state index contributed by atoms with van der Waals surface area (Å²) in [7, 11) is 1.71. The van der Waals surface area contributed by atoms with Crippen molar-refractivity contribution in [1.29, 1.82) is 0 Å². The van der Waals surface area contributed by atoms with Crippen LogP contribution in [0.5, 0.6) is 5.75 Å². The van der Waals surface area contributed by atoms with Crippen LogP contribution in [0.3, 0.4) is 0 Å². The first-order valence-corrected chi connectivity index (χ1v) is 8.42. The fraction of sp³-hybridized carbons (Fsp3) is 0.529. The van der Waals surface area contributed by atoms with Crippen LogP contribution in [0.2, 0.25) is 5.02 Å². The van der Waals surface area contributed by atoms with Gasteiger partial charge in [0.15, 0.2) is 6.61 Å². The summed E-state index contributed by atoms with van der Waals surface area (Å²) in [4.78, 5) is 26.4. The van der Waals surface area contributed by atoms with E-state index < -0.39 is 5.97 Å². The molecule has 2 rings (SSSR count). The number of carbonyl (C=O) groups excluding carboxylic acids is 1. The zero-order valence-electron chi connectivity index (χ0n) is 14.4. The molecule has 0 aliphatic carbocycles. The van der Waals surface area contributed by atoms with Crippen molar-refractivity contribution in [3.63, 3.8) is 0 Å². The van der Waals surface area contributed by atoms with Gasteiger partial charge in [0.25, 0.3) is 5.91 Å². The maximum atomic E-state index is 12.4. The third-order valence-electron chi connectivity index (χ3n) is 3.98. The Morgan fingerprint density at radius 3 is 2.96 bits per heavy atom. The van der Waals surface area contributed by atoms with Crippen molar-refractivity contribution < 1.29 is 24.2 Å². The Morgan fingerprint density at radius 2 is 2.24 bits per heavy atom. The maximum absolute atomic E-state index is 12.4. The second kappa shape index (κ2) is 9.03. The van der Waals surface area contributed by atoms with E-state index in [1.807, 2.05) is 6.92 Å². The first-order valence-electron chi connectivity index (χ1n) is 8.04. The number of amides is 1. The number of rotatable bonds is 7. The molecular weight excluding hydrogens is 348 g/mol. The van der Waals surface area contributed by atoms with Crippen LogP contribution in [0.15, 0.2) is 18.2 Å². The summed E-state index contributed by atoms with van der Waals surface area (Å²) >= 11 is 6.04. The van der Waals surface area contributed by atoms with E-state index in [2.05, 4.69) is 0 Å². The largest absolute Gasteiger partial charge is 0.483 e. The Hall–Kier alpha value is -1.83. The van der Waals surface area contributed by atoms with Gasteiger partial charge in [-0.3, -0.25) is 14.5 Å². The van der Waals surface area contributed by atoms with Gasteiger partial charge in [0.1, 0.15) is 5.75 Å². The van der Waals surface area contributed by atoms with Gasteiger partial charge in [-0.15, -0.1) is 0 Å². The van der Waals surface area contributed by atoms with Gasteiger partial charge in [-0.1, -0.05) is 17.7 Å². The van der Waals surface area contributed by atoms with Gasteiger partial charge in [0.2, 0.25) is 0 Å². The highest BCUT2D eigenvalue weighted by Gasteiger charge is 2.25. The van der Waals surface area contributed by atoms with E-state index in [0.717, 1.165) is 5.56 Å². The molecule has 1 aliphatic heterocycles. The lowest BCUT2D eigenvalue weighted by atomic mass is 10.2. The van der Waals surface area contributed by atoms with E-state index >= 15 is 0 Å². The molecule has 0 saturated carbocycles. The highest BCUT2D eigenvalue weighted by molar-refractivity contribution is 6.31. The number of ether oxygens (including phenoxy) is 2. The first kappa shape index (κ1) is 19.5. The quantitative estimate of drug-likeness (QED) is 0.778. The summed E-state index contributed by atoms with van der Waals surface area (Å²) in [6, 6.07) is 5.32. The van der Waals surface area contributed by atoms with Gasteiger partial charge in [0, 0.05) is 30.2 Å². The molecule has 0 spiro atoms. The Kier molecular flexibility index (Phi) is 7.04. The Morgan fingerprint density at radius 1 is 1.48 bits per heavy atom. The zero-order chi connectivity index (χ0) is 18.4. The summed E-state index contributed by atoms with van der Waals surface area (Å²) in [5, 5.41) is 9.40. The maximum Gasteiger partial charge on any atom is 0.317 e. The molecule has 8 heteroatoms. The third kappa shape index (κ3) is 5.88. The third-order valence-corrected chi connectivity index (χ3v) is 4.39. The second-order valence-corrected chi connectivity index (χ2v) is 6.48. The van der Waals surface area contributed by atoms with Crippen molar-refractivity contribution in [2.75, 3.05) is 46.4 Å². The number of hydrogen-bond donors (Lipinski definition) is 1. The van der Waals surface area contributed by atoms with Crippen LogP contribution in [0, 0.1) is 6.92 Å². The van der Waals surface area contributed by atoms with Crippen molar-refractivity contribution >= 4 is 23.5 Å². The van der Waals surface area contributed by atoms with Gasteiger partial charge in [-0.25, -0.2) is 0 Å². The van der Waals surface area contributed by atoms with E-state index in [1.165, 1.54) is 0 Å². The molecule has 1 aliphatic rings. The Labute approximate surface area is 152 Å². The molecule has 1 aromatic rings. The average molecular weight is 371 g/mol. The van der Waals surface area contributed by atoms with Crippen LogP contribution < -0.4 is 4.74 Å². The molecule has 0 unspecified atom stereocenters. The highest BCUT2D eigenvalue weighted by Crippen LogP contribution is 2.25. The number of carboxylic acids is 1. The van der Waals surface area contributed by atoms with Crippen molar-refractivity contribution in [3.8, 4) is 5.75 Å². The minimum Gasteiger partial charge on any atom is -0.483 e. The minimum absolute atomic E-state index is 0.0645. The Bertz CT molecular complexity index is 625. The van der Waals surface area contributed by atoms with E-state index in [9.17, 15) is 9.59 Å². The Balaban J connectivity index is 1.84. The molecule has 1 N–H and O–H groups in total. The lowest BCUT2D eigenvalue weighted by Gasteiger charge is -2.34. The van der Waals surface area contributed by atoms with Crippen molar-refractivity contribution in [2.45, 2.75) is 13.0 Å². The van der Waals surface area contributed by atoms with Gasteiger partial charge < -0.3 is 19.5 Å². The van der Waals surface area contributed by atoms with E-state index in [4.69, 9.17) is 26.2 Å². The van der Waals surface area contributed by atoms with E-state index in [-0.39, 0.29) is 25.2 Å². The predicted octanol–water partition coefficient (Wildman–Crippen LogP) is 1.27. The summed E-state index contributed by atoms with van der Waals surface area (Å²) in [6.07, 6.45) is -0.213. The standard InChI is InChI=1S/C17H23ClN2O5/c1-12-14(18)4-3-5-15(12)25-11-16(21)20-6-7-24-13(9-20)8-19(2)10-17(22)23/h3-5,13H,6-11H2,1-2H3,(H,22,23)/t13-/m1/s1. The smallest absolute Gasteiger partial charge is 0.317 e. The lowest BCUT2D eigenvalue weighted by molar-refractivity contribution is -0.143. The highest BCUT2D eigenvalue weighted by atomic mass is 35.5. The molecule has 1 amide bonds. The number of benzene rings is 1. The monoisotopic (exact) mass is 370 g/mol. The number of aliphatic carboxylic acids is 1. The van der Waals surface area contributed by atoms with Gasteiger partial charge >= 0.3 is 5.97 Å².